The summed E-state index contributed by atoms with van der Waals surface area (Å²) in [4.78, 5) is 8.70. The molecule has 0 amide bonds. The van der Waals surface area contributed by atoms with Crippen LogP contribution in [0.1, 0.15) is 5.56 Å². The number of halogens is 2. The van der Waals surface area contributed by atoms with Gasteiger partial charge in [0.2, 0.25) is 0 Å². The summed E-state index contributed by atoms with van der Waals surface area (Å²) >= 11 is 6.41. The maximum atomic E-state index is 13.3. The molecule has 0 atom stereocenters. The van der Waals surface area contributed by atoms with Crippen LogP contribution in [0.3, 0.4) is 0 Å². The van der Waals surface area contributed by atoms with E-state index in [4.69, 9.17) is 26.2 Å². The smallest absolute Gasteiger partial charge is 0.158 e. The zero-order valence-corrected chi connectivity index (χ0v) is 17.9. The van der Waals surface area contributed by atoms with Crippen LogP contribution in [0.25, 0.3) is 11.0 Å². The van der Waals surface area contributed by atoms with Crippen LogP contribution in [-0.2, 0) is 17.9 Å². The summed E-state index contributed by atoms with van der Waals surface area (Å²) in [5, 5.41) is 12.6. The van der Waals surface area contributed by atoms with E-state index in [9.17, 15) is 4.39 Å². The van der Waals surface area contributed by atoms with Gasteiger partial charge >= 0.3 is 0 Å². The van der Waals surface area contributed by atoms with E-state index in [-0.39, 0.29) is 19.0 Å². The number of hydrogen-bond donors (Lipinski definition) is 2. The molecule has 0 fully saturated rings. The lowest BCUT2D eigenvalue weighted by Crippen LogP contribution is -2.09. The quantitative estimate of drug-likeness (QED) is 0.341. The Bertz CT molecular complexity index is 1200. The first kappa shape index (κ1) is 22.0. The largest absolute Gasteiger partial charge is 0.487 e. The summed E-state index contributed by atoms with van der Waals surface area (Å²) in [6.07, 6.45) is 3.42. The summed E-state index contributed by atoms with van der Waals surface area (Å²) in [5.74, 6) is 0.822. The Morgan fingerprint density at radius 1 is 1.09 bits per heavy atom. The molecule has 0 unspecified atom stereocenters. The van der Waals surface area contributed by atoms with E-state index >= 15 is 0 Å². The average molecular weight is 457 g/mol. The molecule has 0 bridgehead atoms. The van der Waals surface area contributed by atoms with Crippen LogP contribution in [0.4, 0.5) is 15.9 Å². The third-order valence-corrected chi connectivity index (χ3v) is 5.04. The Labute approximate surface area is 189 Å². The summed E-state index contributed by atoms with van der Waals surface area (Å²) in [6.45, 7) is 1.56. The summed E-state index contributed by atoms with van der Waals surface area (Å²) in [6, 6.07) is 13.5. The molecule has 2 heterocycles. The number of aliphatic hydroxyl groups is 1. The first-order valence-electron chi connectivity index (χ1n) is 10.1. The van der Waals surface area contributed by atoms with Crippen molar-refractivity contribution in [1.29, 1.82) is 0 Å². The molecule has 0 spiro atoms. The molecular formula is C23H22ClFN4O3. The van der Waals surface area contributed by atoms with Crippen LogP contribution in [0.2, 0.25) is 5.02 Å². The Kier molecular flexibility index (Phi) is 7.16. The molecule has 2 N–H and O–H groups in total. The number of nitrogens with zero attached hydrogens (tertiary/aromatic N) is 3. The van der Waals surface area contributed by atoms with Gasteiger partial charge in [-0.15, -0.1) is 0 Å². The lowest BCUT2D eigenvalue weighted by atomic mass is 10.2. The van der Waals surface area contributed by atoms with Crippen molar-refractivity contribution in [1.82, 2.24) is 14.5 Å². The summed E-state index contributed by atoms with van der Waals surface area (Å²) in [5.41, 5.74) is 3.08. The molecular weight excluding hydrogens is 435 g/mol. The number of aromatic nitrogens is 3. The monoisotopic (exact) mass is 456 g/mol. The third kappa shape index (κ3) is 5.34. The molecule has 0 radical (unpaired) electrons. The van der Waals surface area contributed by atoms with Gasteiger partial charge in [-0.1, -0.05) is 23.7 Å². The van der Waals surface area contributed by atoms with Crippen molar-refractivity contribution in [3.63, 3.8) is 0 Å². The second-order valence-corrected chi connectivity index (χ2v) is 7.40. The minimum absolute atomic E-state index is 0.00888. The number of hydrogen-bond acceptors (Lipinski definition) is 6. The highest BCUT2D eigenvalue weighted by molar-refractivity contribution is 6.32. The van der Waals surface area contributed by atoms with Gasteiger partial charge in [-0.25, -0.2) is 14.4 Å². The first-order chi connectivity index (χ1) is 15.6. The topological polar surface area (TPSA) is 81.4 Å². The molecule has 0 aliphatic heterocycles. The number of aliphatic hydroxyl groups excluding tert-OH is 1. The molecule has 4 rings (SSSR count). The van der Waals surface area contributed by atoms with Crippen molar-refractivity contribution in [3.8, 4) is 5.75 Å². The van der Waals surface area contributed by atoms with Gasteiger partial charge in [0.05, 0.1) is 30.4 Å². The molecule has 32 heavy (non-hydrogen) atoms. The molecule has 2 aromatic heterocycles. The lowest BCUT2D eigenvalue weighted by Gasteiger charge is -2.13. The summed E-state index contributed by atoms with van der Waals surface area (Å²) < 4.78 is 26.4. The second kappa shape index (κ2) is 10.4. The van der Waals surface area contributed by atoms with E-state index in [1.807, 2.05) is 22.9 Å². The predicted octanol–water partition coefficient (Wildman–Crippen LogP) is 4.56. The number of benzene rings is 2. The normalized spacial score (nSPS) is 11.1. The standard InChI is InChI=1S/C23H22ClFN4O3/c24-19-13-18(4-5-21(19)32-14-16-2-1-3-17(25)12-16)28-23-22-20(26-15-27-23)6-7-29(22)8-10-31-11-9-30/h1-7,12-13,15,30H,8-11,14H2,(H,26,27,28). The number of ether oxygens (including phenoxy) is 2. The van der Waals surface area contributed by atoms with E-state index in [0.717, 1.165) is 22.3 Å². The maximum Gasteiger partial charge on any atom is 0.158 e. The van der Waals surface area contributed by atoms with E-state index in [0.29, 0.717) is 36.3 Å². The molecule has 9 heteroatoms. The van der Waals surface area contributed by atoms with Crippen LogP contribution in [0.5, 0.6) is 5.75 Å². The van der Waals surface area contributed by atoms with Gasteiger partial charge in [0.15, 0.2) is 5.82 Å². The van der Waals surface area contributed by atoms with Crippen molar-refractivity contribution < 1.29 is 19.0 Å². The van der Waals surface area contributed by atoms with Crippen molar-refractivity contribution in [2.75, 3.05) is 25.1 Å². The van der Waals surface area contributed by atoms with Gasteiger partial charge in [-0.2, -0.15) is 0 Å². The maximum absolute atomic E-state index is 13.3. The zero-order chi connectivity index (χ0) is 22.3. The van der Waals surface area contributed by atoms with Crippen LogP contribution in [-0.4, -0.2) is 39.5 Å². The molecule has 0 saturated carbocycles. The fourth-order valence-corrected chi connectivity index (χ4v) is 3.50. The van der Waals surface area contributed by atoms with Crippen LogP contribution < -0.4 is 10.1 Å². The highest BCUT2D eigenvalue weighted by Crippen LogP contribution is 2.31. The number of nitrogens with one attached hydrogen (secondary N) is 1. The Morgan fingerprint density at radius 3 is 2.81 bits per heavy atom. The predicted molar refractivity (Wildman–Crippen MR) is 121 cm³/mol. The highest BCUT2D eigenvalue weighted by Gasteiger charge is 2.11. The number of rotatable bonds is 10. The second-order valence-electron chi connectivity index (χ2n) is 6.99. The first-order valence-corrected chi connectivity index (χ1v) is 10.4. The summed E-state index contributed by atoms with van der Waals surface area (Å²) in [7, 11) is 0. The van der Waals surface area contributed by atoms with Crippen molar-refractivity contribution in [2.24, 2.45) is 0 Å². The molecule has 0 saturated heterocycles. The Hall–Kier alpha value is -3.20. The third-order valence-electron chi connectivity index (χ3n) is 4.74. The molecule has 0 aliphatic carbocycles. The van der Waals surface area contributed by atoms with Crippen molar-refractivity contribution >= 4 is 34.1 Å². The Morgan fingerprint density at radius 2 is 2.00 bits per heavy atom. The van der Waals surface area contributed by atoms with Gasteiger partial charge in [-0.3, -0.25) is 0 Å². The van der Waals surface area contributed by atoms with Gasteiger partial charge in [0, 0.05) is 18.4 Å². The van der Waals surface area contributed by atoms with Gasteiger partial charge in [0.25, 0.3) is 0 Å². The zero-order valence-electron chi connectivity index (χ0n) is 17.2. The molecule has 0 aliphatic rings. The number of fused-ring (bicyclic) bond motifs is 1. The minimum atomic E-state index is -0.308. The number of anilines is 2. The fraction of sp³-hybridized carbons (Fsp3) is 0.217. The Balaban J connectivity index is 1.48. The van der Waals surface area contributed by atoms with Crippen molar-refractivity contribution in [2.45, 2.75) is 13.2 Å². The molecule has 7 nitrogen and oxygen atoms in total. The van der Waals surface area contributed by atoms with Crippen LogP contribution in [0, 0.1) is 5.82 Å². The minimum Gasteiger partial charge on any atom is -0.487 e. The van der Waals surface area contributed by atoms with E-state index in [1.165, 1.54) is 18.5 Å². The van der Waals surface area contributed by atoms with E-state index < -0.39 is 0 Å². The average Bonchev–Trinajstić information content (AvgIpc) is 3.20. The SMILES string of the molecule is OCCOCCn1ccc2ncnc(Nc3ccc(OCc4cccc(F)c4)c(Cl)c3)c21. The molecule has 2 aromatic carbocycles. The van der Waals surface area contributed by atoms with Gasteiger partial charge < -0.3 is 24.5 Å². The van der Waals surface area contributed by atoms with E-state index in [2.05, 4.69) is 15.3 Å². The highest BCUT2D eigenvalue weighted by atomic mass is 35.5. The van der Waals surface area contributed by atoms with Gasteiger partial charge in [0.1, 0.15) is 30.0 Å². The van der Waals surface area contributed by atoms with Crippen molar-refractivity contribution in [3.05, 3.63) is 77.5 Å². The van der Waals surface area contributed by atoms with Crippen LogP contribution >= 0.6 is 11.6 Å². The van der Waals surface area contributed by atoms with Crippen LogP contribution in [0.15, 0.2) is 61.1 Å². The molecule has 4 aromatic rings. The van der Waals surface area contributed by atoms with Gasteiger partial charge in [-0.05, 0) is 42.0 Å². The lowest BCUT2D eigenvalue weighted by molar-refractivity contribution is 0.0875. The van der Waals surface area contributed by atoms with E-state index in [1.54, 1.807) is 24.3 Å². The molecule has 166 valence electrons. The fourth-order valence-electron chi connectivity index (χ4n) is 3.26.